The molecule has 1 atom stereocenters. The van der Waals surface area contributed by atoms with Crippen molar-refractivity contribution in [3.8, 4) is 17.1 Å². The number of hydrogen-bond donors (Lipinski definition) is 1. The maximum absolute atomic E-state index is 13.2. The molecule has 0 amide bonds. The average molecular weight is 288 g/mol. The SMILES string of the molecule is COc1cc(-c2noc(CC(O)C(F)F)n2)ccc1F. The third-order valence-electron chi connectivity index (χ3n) is 2.55. The van der Waals surface area contributed by atoms with E-state index in [1.165, 1.54) is 19.2 Å². The molecule has 1 heterocycles. The summed E-state index contributed by atoms with van der Waals surface area (Å²) in [7, 11) is 1.31. The van der Waals surface area contributed by atoms with Crippen LogP contribution in [0.15, 0.2) is 22.7 Å². The Balaban J connectivity index is 2.20. The number of nitrogens with zero attached hydrogens (tertiary/aromatic N) is 2. The molecule has 2 rings (SSSR count). The van der Waals surface area contributed by atoms with Gasteiger partial charge >= 0.3 is 0 Å². The second kappa shape index (κ2) is 5.91. The van der Waals surface area contributed by atoms with Gasteiger partial charge in [-0.2, -0.15) is 4.98 Å². The Morgan fingerprint density at radius 1 is 1.40 bits per heavy atom. The van der Waals surface area contributed by atoms with Gasteiger partial charge < -0.3 is 14.4 Å². The second-order valence-electron chi connectivity index (χ2n) is 3.97. The number of ether oxygens (including phenoxy) is 1. The van der Waals surface area contributed by atoms with Crippen molar-refractivity contribution < 1.29 is 27.5 Å². The lowest BCUT2D eigenvalue weighted by Gasteiger charge is -2.04. The molecule has 0 saturated heterocycles. The molecule has 0 saturated carbocycles. The van der Waals surface area contributed by atoms with Crippen LogP contribution in [0.1, 0.15) is 5.89 Å². The number of alkyl halides is 2. The monoisotopic (exact) mass is 288 g/mol. The van der Waals surface area contributed by atoms with E-state index in [4.69, 9.17) is 14.4 Å². The minimum Gasteiger partial charge on any atom is -0.494 e. The van der Waals surface area contributed by atoms with Gasteiger partial charge in [0.05, 0.1) is 13.5 Å². The summed E-state index contributed by atoms with van der Waals surface area (Å²) in [4.78, 5) is 3.86. The number of aliphatic hydroxyl groups excluding tert-OH is 1. The largest absolute Gasteiger partial charge is 0.494 e. The van der Waals surface area contributed by atoms with Crippen molar-refractivity contribution in [2.75, 3.05) is 7.11 Å². The summed E-state index contributed by atoms with van der Waals surface area (Å²) in [6, 6.07) is 3.92. The molecule has 108 valence electrons. The Hall–Kier alpha value is -2.09. The molecule has 0 spiro atoms. The molecule has 0 fully saturated rings. The number of rotatable bonds is 5. The Morgan fingerprint density at radius 3 is 2.80 bits per heavy atom. The topological polar surface area (TPSA) is 68.4 Å². The van der Waals surface area contributed by atoms with Gasteiger partial charge in [0, 0.05) is 5.56 Å². The Bertz CT molecular complexity index is 589. The van der Waals surface area contributed by atoms with Crippen LogP contribution < -0.4 is 4.74 Å². The molecule has 8 heteroatoms. The Kier molecular flexibility index (Phi) is 4.23. The van der Waals surface area contributed by atoms with Gasteiger partial charge in [-0.3, -0.25) is 0 Å². The molecule has 1 aromatic heterocycles. The molecule has 1 aromatic carbocycles. The Labute approximate surface area is 112 Å². The average Bonchev–Trinajstić information content (AvgIpc) is 2.87. The van der Waals surface area contributed by atoms with Crippen LogP contribution in [0.4, 0.5) is 13.2 Å². The summed E-state index contributed by atoms with van der Waals surface area (Å²) in [6.07, 6.45) is -5.22. The molecule has 2 aromatic rings. The lowest BCUT2D eigenvalue weighted by atomic mass is 10.2. The minimum atomic E-state index is -2.89. The highest BCUT2D eigenvalue weighted by Crippen LogP contribution is 2.24. The predicted octanol–water partition coefficient (Wildman–Crippen LogP) is 2.05. The fourth-order valence-corrected chi connectivity index (χ4v) is 1.52. The van der Waals surface area contributed by atoms with Crippen LogP contribution in [-0.2, 0) is 6.42 Å². The first-order valence-corrected chi connectivity index (χ1v) is 5.64. The number of aliphatic hydroxyl groups is 1. The smallest absolute Gasteiger partial charge is 0.264 e. The van der Waals surface area contributed by atoms with E-state index >= 15 is 0 Å². The van der Waals surface area contributed by atoms with Crippen LogP contribution in [0, 0.1) is 5.82 Å². The molecule has 1 unspecified atom stereocenters. The van der Waals surface area contributed by atoms with Gasteiger partial charge in [0.25, 0.3) is 6.43 Å². The van der Waals surface area contributed by atoms with E-state index in [0.717, 1.165) is 6.07 Å². The molecular formula is C12H11F3N2O3. The third-order valence-corrected chi connectivity index (χ3v) is 2.55. The van der Waals surface area contributed by atoms with Gasteiger partial charge in [-0.15, -0.1) is 0 Å². The first-order chi connectivity index (χ1) is 9.51. The molecular weight excluding hydrogens is 277 g/mol. The molecule has 0 aliphatic heterocycles. The van der Waals surface area contributed by atoms with E-state index in [9.17, 15) is 13.2 Å². The summed E-state index contributed by atoms with van der Waals surface area (Å²) in [5.41, 5.74) is 0.407. The molecule has 20 heavy (non-hydrogen) atoms. The second-order valence-corrected chi connectivity index (χ2v) is 3.97. The fraction of sp³-hybridized carbons (Fsp3) is 0.333. The molecule has 0 bridgehead atoms. The van der Waals surface area contributed by atoms with Crippen LogP contribution in [-0.4, -0.2) is 34.9 Å². The van der Waals surface area contributed by atoms with Crippen molar-refractivity contribution in [2.45, 2.75) is 19.0 Å². The van der Waals surface area contributed by atoms with Crippen molar-refractivity contribution >= 4 is 0 Å². The zero-order chi connectivity index (χ0) is 14.7. The van der Waals surface area contributed by atoms with Crippen LogP contribution in [0.5, 0.6) is 5.75 Å². The quantitative estimate of drug-likeness (QED) is 0.912. The Morgan fingerprint density at radius 2 is 2.15 bits per heavy atom. The van der Waals surface area contributed by atoms with Gasteiger partial charge in [-0.05, 0) is 18.2 Å². The zero-order valence-electron chi connectivity index (χ0n) is 10.4. The van der Waals surface area contributed by atoms with Crippen molar-refractivity contribution in [2.24, 2.45) is 0 Å². The van der Waals surface area contributed by atoms with Crippen molar-refractivity contribution in [3.63, 3.8) is 0 Å². The fourth-order valence-electron chi connectivity index (χ4n) is 1.52. The summed E-state index contributed by atoms with van der Waals surface area (Å²) in [5.74, 6) is -0.578. The molecule has 5 nitrogen and oxygen atoms in total. The van der Waals surface area contributed by atoms with Gasteiger partial charge in [-0.1, -0.05) is 5.16 Å². The van der Waals surface area contributed by atoms with Gasteiger partial charge in [0.2, 0.25) is 11.7 Å². The van der Waals surface area contributed by atoms with Crippen LogP contribution in [0.2, 0.25) is 0 Å². The molecule has 0 radical (unpaired) electrons. The zero-order valence-corrected chi connectivity index (χ0v) is 10.4. The lowest BCUT2D eigenvalue weighted by molar-refractivity contribution is -0.00754. The minimum absolute atomic E-state index is 0.00136. The van der Waals surface area contributed by atoms with Crippen molar-refractivity contribution in [1.29, 1.82) is 0 Å². The van der Waals surface area contributed by atoms with E-state index in [2.05, 4.69) is 10.1 Å². The first-order valence-electron chi connectivity index (χ1n) is 5.64. The number of halogens is 3. The summed E-state index contributed by atoms with van der Waals surface area (Å²) >= 11 is 0. The molecule has 0 aliphatic carbocycles. The normalized spacial score (nSPS) is 12.7. The van der Waals surface area contributed by atoms with E-state index in [1.807, 2.05) is 0 Å². The standard InChI is InChI=1S/C12H11F3N2O3/c1-19-9-4-6(2-3-7(9)13)12-16-10(20-17-12)5-8(18)11(14)15/h2-4,8,11,18H,5H2,1H3. The number of benzene rings is 1. The van der Waals surface area contributed by atoms with E-state index < -0.39 is 24.8 Å². The summed E-state index contributed by atoms with van der Waals surface area (Å²) in [6.45, 7) is 0. The van der Waals surface area contributed by atoms with Crippen LogP contribution in [0.25, 0.3) is 11.4 Å². The molecule has 1 N–H and O–H groups in total. The van der Waals surface area contributed by atoms with E-state index in [-0.39, 0.29) is 17.5 Å². The number of aromatic nitrogens is 2. The van der Waals surface area contributed by atoms with Crippen LogP contribution >= 0.6 is 0 Å². The molecule has 0 aliphatic rings. The van der Waals surface area contributed by atoms with Crippen molar-refractivity contribution in [1.82, 2.24) is 10.1 Å². The van der Waals surface area contributed by atoms with E-state index in [1.54, 1.807) is 0 Å². The highest BCUT2D eigenvalue weighted by Gasteiger charge is 2.21. The first kappa shape index (κ1) is 14.3. The highest BCUT2D eigenvalue weighted by atomic mass is 19.3. The third kappa shape index (κ3) is 3.08. The van der Waals surface area contributed by atoms with E-state index in [0.29, 0.717) is 5.56 Å². The van der Waals surface area contributed by atoms with Gasteiger partial charge in [0.15, 0.2) is 11.6 Å². The van der Waals surface area contributed by atoms with Gasteiger partial charge in [0.1, 0.15) is 6.10 Å². The van der Waals surface area contributed by atoms with Gasteiger partial charge in [-0.25, -0.2) is 13.2 Å². The summed E-state index contributed by atoms with van der Waals surface area (Å²) < 4.78 is 47.2. The van der Waals surface area contributed by atoms with Crippen LogP contribution in [0.3, 0.4) is 0 Å². The lowest BCUT2D eigenvalue weighted by Crippen LogP contribution is -2.20. The van der Waals surface area contributed by atoms with Crippen molar-refractivity contribution in [3.05, 3.63) is 29.9 Å². The number of methoxy groups -OCH3 is 1. The predicted molar refractivity (Wildman–Crippen MR) is 62.0 cm³/mol. The number of hydrogen-bond acceptors (Lipinski definition) is 5. The summed E-state index contributed by atoms with van der Waals surface area (Å²) in [5, 5.41) is 12.6. The maximum atomic E-state index is 13.2. The maximum Gasteiger partial charge on any atom is 0.264 e. The highest BCUT2D eigenvalue weighted by molar-refractivity contribution is 5.57.